The van der Waals surface area contributed by atoms with Crippen molar-refractivity contribution in [2.45, 2.75) is 77.9 Å². The summed E-state index contributed by atoms with van der Waals surface area (Å²) in [6.45, 7) is 5.97. The van der Waals surface area contributed by atoms with Crippen LogP contribution in [0.2, 0.25) is 10.0 Å². The molecule has 0 bridgehead atoms. The Kier molecular flexibility index (Phi) is 9.66. The van der Waals surface area contributed by atoms with E-state index in [1.165, 1.54) is 6.42 Å². The summed E-state index contributed by atoms with van der Waals surface area (Å²) in [5, 5.41) is 4.16. The zero-order chi connectivity index (χ0) is 24.7. The first kappa shape index (κ1) is 26.4. The number of halogens is 2. The number of aryl methyl sites for hydroxylation is 2. The molecule has 34 heavy (non-hydrogen) atoms. The summed E-state index contributed by atoms with van der Waals surface area (Å²) >= 11 is 12.5. The fourth-order valence-electron chi connectivity index (χ4n) is 4.33. The maximum atomic E-state index is 13.4. The Morgan fingerprint density at radius 2 is 1.79 bits per heavy atom. The van der Waals surface area contributed by atoms with Crippen molar-refractivity contribution in [2.24, 2.45) is 0 Å². The monoisotopic (exact) mass is 504 g/mol. The summed E-state index contributed by atoms with van der Waals surface area (Å²) in [5.74, 6) is 0.231. The van der Waals surface area contributed by atoms with E-state index >= 15 is 0 Å². The van der Waals surface area contributed by atoms with E-state index in [9.17, 15) is 9.59 Å². The first-order chi connectivity index (χ1) is 16.3. The first-order valence-electron chi connectivity index (χ1n) is 12.0. The first-order valence-corrected chi connectivity index (χ1v) is 12.8. The molecule has 1 unspecified atom stereocenters. The van der Waals surface area contributed by atoms with Crippen molar-refractivity contribution in [3.05, 3.63) is 63.1 Å². The second kappa shape index (κ2) is 12.5. The number of ether oxygens (including phenoxy) is 1. The Labute approximate surface area is 212 Å². The van der Waals surface area contributed by atoms with Gasteiger partial charge >= 0.3 is 0 Å². The Hall–Kier alpha value is -2.24. The molecule has 1 fully saturated rings. The fourth-order valence-corrected chi connectivity index (χ4v) is 4.80. The van der Waals surface area contributed by atoms with E-state index in [4.69, 9.17) is 27.9 Å². The van der Waals surface area contributed by atoms with Crippen LogP contribution in [0.1, 0.15) is 62.1 Å². The van der Waals surface area contributed by atoms with Gasteiger partial charge in [0.15, 0.2) is 6.61 Å². The van der Waals surface area contributed by atoms with Crippen LogP contribution < -0.4 is 10.1 Å². The standard InChI is InChI=1S/C27H34Cl2N2O3/c1-4-25(27(33)30-22-8-6-5-7-9-22)31(16-20-11-12-21(28)15-24(20)29)26(32)17-34-23-13-10-18(2)19(3)14-23/h10-15,22,25H,4-9,16-17H2,1-3H3,(H,30,33). The van der Waals surface area contributed by atoms with Gasteiger partial charge in [0.2, 0.25) is 5.91 Å². The highest BCUT2D eigenvalue weighted by Gasteiger charge is 2.31. The average molecular weight is 505 g/mol. The molecular weight excluding hydrogens is 471 g/mol. The van der Waals surface area contributed by atoms with Crippen molar-refractivity contribution < 1.29 is 14.3 Å². The lowest BCUT2D eigenvalue weighted by molar-refractivity contribution is -0.143. The van der Waals surface area contributed by atoms with E-state index in [1.54, 1.807) is 23.1 Å². The summed E-state index contributed by atoms with van der Waals surface area (Å²) in [7, 11) is 0. The van der Waals surface area contributed by atoms with Gasteiger partial charge in [-0.25, -0.2) is 0 Å². The van der Waals surface area contributed by atoms with E-state index < -0.39 is 6.04 Å². The van der Waals surface area contributed by atoms with Gasteiger partial charge in [0.25, 0.3) is 5.91 Å². The van der Waals surface area contributed by atoms with E-state index in [0.29, 0.717) is 22.2 Å². The summed E-state index contributed by atoms with van der Waals surface area (Å²) in [4.78, 5) is 28.3. The highest BCUT2D eigenvalue weighted by molar-refractivity contribution is 6.35. The Balaban J connectivity index is 1.79. The van der Waals surface area contributed by atoms with E-state index in [2.05, 4.69) is 5.32 Å². The van der Waals surface area contributed by atoms with Crippen molar-refractivity contribution in [2.75, 3.05) is 6.61 Å². The predicted molar refractivity (Wildman–Crippen MR) is 138 cm³/mol. The zero-order valence-corrected chi connectivity index (χ0v) is 21.7. The van der Waals surface area contributed by atoms with Gasteiger partial charge in [-0.2, -0.15) is 0 Å². The molecule has 184 valence electrons. The molecular formula is C27H34Cl2N2O3. The average Bonchev–Trinajstić information content (AvgIpc) is 2.81. The van der Waals surface area contributed by atoms with Gasteiger partial charge in [0.05, 0.1) is 0 Å². The van der Waals surface area contributed by atoms with Crippen molar-refractivity contribution >= 4 is 35.0 Å². The van der Waals surface area contributed by atoms with Crippen LogP contribution in [0.4, 0.5) is 0 Å². The summed E-state index contributed by atoms with van der Waals surface area (Å²) in [6, 6.07) is 10.4. The van der Waals surface area contributed by atoms with Crippen molar-refractivity contribution in [3.63, 3.8) is 0 Å². The second-order valence-corrected chi connectivity index (χ2v) is 9.90. The number of carbonyl (C=O) groups is 2. The van der Waals surface area contributed by atoms with Gasteiger partial charge < -0.3 is 15.0 Å². The van der Waals surface area contributed by atoms with Crippen LogP contribution in [-0.4, -0.2) is 35.4 Å². The Morgan fingerprint density at radius 1 is 1.06 bits per heavy atom. The molecule has 1 aliphatic rings. The lowest BCUT2D eigenvalue weighted by Crippen LogP contribution is -2.52. The molecule has 0 aliphatic heterocycles. The van der Waals surface area contributed by atoms with Crippen LogP contribution in [0.5, 0.6) is 5.75 Å². The minimum atomic E-state index is -0.621. The van der Waals surface area contributed by atoms with Gasteiger partial charge in [-0.1, -0.05) is 61.5 Å². The molecule has 0 radical (unpaired) electrons. The van der Waals surface area contributed by atoms with E-state index in [0.717, 1.165) is 42.4 Å². The van der Waals surface area contributed by atoms with Crippen LogP contribution in [0.15, 0.2) is 36.4 Å². The van der Waals surface area contributed by atoms with Gasteiger partial charge in [-0.15, -0.1) is 0 Å². The van der Waals surface area contributed by atoms with Crippen LogP contribution in [0.25, 0.3) is 0 Å². The largest absolute Gasteiger partial charge is 0.484 e. The van der Waals surface area contributed by atoms with Crippen LogP contribution in [-0.2, 0) is 16.1 Å². The van der Waals surface area contributed by atoms with E-state index in [1.807, 2.05) is 39.0 Å². The second-order valence-electron chi connectivity index (χ2n) is 9.06. The number of nitrogens with one attached hydrogen (secondary N) is 1. The molecule has 1 saturated carbocycles. The van der Waals surface area contributed by atoms with Gasteiger partial charge in [-0.3, -0.25) is 9.59 Å². The molecule has 1 atom stereocenters. The Morgan fingerprint density at radius 3 is 2.44 bits per heavy atom. The quantitative estimate of drug-likeness (QED) is 0.439. The number of hydrogen-bond acceptors (Lipinski definition) is 3. The number of carbonyl (C=O) groups excluding carboxylic acids is 2. The minimum Gasteiger partial charge on any atom is -0.484 e. The SMILES string of the molecule is CCC(C(=O)NC1CCCCC1)N(Cc1ccc(Cl)cc1Cl)C(=O)COc1ccc(C)c(C)c1. The maximum absolute atomic E-state index is 13.4. The van der Waals surface area contributed by atoms with Crippen LogP contribution in [0, 0.1) is 13.8 Å². The molecule has 2 amide bonds. The van der Waals surface area contributed by atoms with Crippen LogP contribution >= 0.6 is 23.2 Å². The number of nitrogens with zero attached hydrogens (tertiary/aromatic N) is 1. The molecule has 0 spiro atoms. The van der Waals surface area contributed by atoms with Crippen LogP contribution in [0.3, 0.4) is 0 Å². The third-order valence-corrected chi connectivity index (χ3v) is 7.12. The smallest absolute Gasteiger partial charge is 0.261 e. The summed E-state index contributed by atoms with van der Waals surface area (Å²) in [5.41, 5.74) is 2.98. The molecule has 2 aromatic carbocycles. The number of amides is 2. The van der Waals surface area contributed by atoms with Crippen molar-refractivity contribution in [1.82, 2.24) is 10.2 Å². The number of rotatable bonds is 9. The van der Waals surface area contributed by atoms with Crippen molar-refractivity contribution in [3.8, 4) is 5.75 Å². The number of hydrogen-bond donors (Lipinski definition) is 1. The fraction of sp³-hybridized carbons (Fsp3) is 0.481. The molecule has 0 saturated heterocycles. The molecule has 5 nitrogen and oxygen atoms in total. The lowest BCUT2D eigenvalue weighted by atomic mass is 9.95. The third-order valence-electron chi connectivity index (χ3n) is 6.53. The highest BCUT2D eigenvalue weighted by Crippen LogP contribution is 2.25. The predicted octanol–water partition coefficient (Wildman–Crippen LogP) is 6.25. The molecule has 7 heteroatoms. The number of benzene rings is 2. The molecule has 3 rings (SSSR count). The highest BCUT2D eigenvalue weighted by atomic mass is 35.5. The molecule has 0 heterocycles. The summed E-state index contributed by atoms with van der Waals surface area (Å²) < 4.78 is 5.82. The molecule has 1 N–H and O–H groups in total. The molecule has 2 aromatic rings. The third kappa shape index (κ3) is 7.13. The summed E-state index contributed by atoms with van der Waals surface area (Å²) in [6.07, 6.45) is 5.89. The lowest BCUT2D eigenvalue weighted by Gasteiger charge is -2.33. The maximum Gasteiger partial charge on any atom is 0.261 e. The molecule has 1 aliphatic carbocycles. The Bertz CT molecular complexity index is 1010. The minimum absolute atomic E-state index is 0.126. The zero-order valence-electron chi connectivity index (χ0n) is 20.2. The van der Waals surface area contributed by atoms with Gasteiger partial charge in [-0.05, 0) is 74.1 Å². The van der Waals surface area contributed by atoms with Crippen molar-refractivity contribution in [1.29, 1.82) is 0 Å². The van der Waals surface area contributed by atoms with E-state index in [-0.39, 0.29) is 31.0 Å². The topological polar surface area (TPSA) is 58.6 Å². The molecule has 0 aromatic heterocycles. The van der Waals surface area contributed by atoms with Gasteiger partial charge in [0.1, 0.15) is 11.8 Å². The normalized spacial score (nSPS) is 15.0. The van der Waals surface area contributed by atoms with Gasteiger partial charge in [0, 0.05) is 22.6 Å².